The van der Waals surface area contributed by atoms with E-state index in [4.69, 9.17) is 9.47 Å². The van der Waals surface area contributed by atoms with Crippen LogP contribution in [0.3, 0.4) is 0 Å². The summed E-state index contributed by atoms with van der Waals surface area (Å²) in [7, 11) is 2.91. The van der Waals surface area contributed by atoms with E-state index < -0.39 is 17.9 Å². The van der Waals surface area contributed by atoms with Crippen LogP contribution in [0, 0.1) is 17.3 Å². The Labute approximate surface area is 132 Å². The molecule has 1 unspecified atom stereocenters. The number of halogens is 1. The van der Waals surface area contributed by atoms with Crippen molar-refractivity contribution in [2.24, 2.45) is 0 Å². The van der Waals surface area contributed by atoms with Crippen LogP contribution in [0.4, 0.5) is 4.39 Å². The molecular formula is C16H14FN3O3. The smallest absolute Gasteiger partial charge is 0.252 e. The lowest BCUT2D eigenvalue weighted by atomic mass is 10.1. The Morgan fingerprint density at radius 3 is 2.74 bits per heavy atom. The molecule has 1 aromatic heterocycles. The van der Waals surface area contributed by atoms with Crippen LogP contribution < -0.4 is 14.8 Å². The molecule has 6 nitrogen and oxygen atoms in total. The molecule has 1 amide bonds. The number of carbonyl (C=O) groups is 1. The zero-order valence-corrected chi connectivity index (χ0v) is 12.5. The molecule has 1 aromatic carbocycles. The van der Waals surface area contributed by atoms with Crippen LogP contribution in [0.15, 0.2) is 36.5 Å². The Balaban J connectivity index is 2.31. The minimum Gasteiger partial charge on any atom is -0.493 e. The molecule has 2 rings (SSSR count). The van der Waals surface area contributed by atoms with Gasteiger partial charge in [0.05, 0.1) is 20.3 Å². The molecule has 118 valence electrons. The Hall–Kier alpha value is -3.14. The number of methoxy groups -OCH3 is 2. The number of para-hydroxylation sites is 1. The molecule has 0 saturated heterocycles. The van der Waals surface area contributed by atoms with Crippen LogP contribution >= 0.6 is 0 Å². The number of benzene rings is 1. The van der Waals surface area contributed by atoms with Crippen LogP contribution in [0.1, 0.15) is 22.0 Å². The number of rotatable bonds is 5. The van der Waals surface area contributed by atoms with Crippen LogP contribution in [0.2, 0.25) is 0 Å². The zero-order valence-electron chi connectivity index (χ0n) is 12.5. The fourth-order valence-electron chi connectivity index (χ4n) is 2.08. The highest BCUT2D eigenvalue weighted by Crippen LogP contribution is 2.34. The van der Waals surface area contributed by atoms with Gasteiger partial charge in [0, 0.05) is 23.4 Å². The van der Waals surface area contributed by atoms with Gasteiger partial charge in [-0.1, -0.05) is 12.1 Å². The van der Waals surface area contributed by atoms with Crippen LogP contribution in [0.5, 0.6) is 11.5 Å². The lowest BCUT2D eigenvalue weighted by Gasteiger charge is -2.17. The lowest BCUT2D eigenvalue weighted by Crippen LogP contribution is -2.28. The quantitative estimate of drug-likeness (QED) is 0.855. The fraction of sp³-hybridized carbons (Fsp3) is 0.188. The minimum atomic E-state index is -0.983. The van der Waals surface area contributed by atoms with Crippen molar-refractivity contribution in [3.05, 3.63) is 53.6 Å². The maximum Gasteiger partial charge on any atom is 0.252 e. The van der Waals surface area contributed by atoms with Gasteiger partial charge < -0.3 is 14.8 Å². The maximum absolute atomic E-state index is 13.1. The van der Waals surface area contributed by atoms with Crippen molar-refractivity contribution in [3.63, 3.8) is 0 Å². The third-order valence-electron chi connectivity index (χ3n) is 3.14. The largest absolute Gasteiger partial charge is 0.493 e. The van der Waals surface area contributed by atoms with E-state index in [1.165, 1.54) is 26.5 Å². The van der Waals surface area contributed by atoms with Crippen molar-refractivity contribution in [1.82, 2.24) is 10.3 Å². The van der Waals surface area contributed by atoms with E-state index in [1.54, 1.807) is 18.2 Å². The van der Waals surface area contributed by atoms with E-state index in [2.05, 4.69) is 10.3 Å². The summed E-state index contributed by atoms with van der Waals surface area (Å²) in [6.07, 6.45) is 1.18. The van der Waals surface area contributed by atoms with E-state index in [0.29, 0.717) is 17.1 Å². The molecule has 0 aliphatic rings. The molecule has 0 bridgehead atoms. The van der Waals surface area contributed by atoms with Crippen molar-refractivity contribution in [1.29, 1.82) is 5.26 Å². The molecule has 0 spiro atoms. The van der Waals surface area contributed by atoms with E-state index >= 15 is 0 Å². The Bertz CT molecular complexity index is 758. The molecule has 1 heterocycles. The lowest BCUT2D eigenvalue weighted by molar-refractivity contribution is 0.0944. The second-order valence-corrected chi connectivity index (χ2v) is 4.49. The first-order valence-electron chi connectivity index (χ1n) is 6.63. The van der Waals surface area contributed by atoms with Crippen molar-refractivity contribution >= 4 is 5.91 Å². The number of nitrogens with one attached hydrogen (secondary N) is 1. The van der Waals surface area contributed by atoms with E-state index in [1.807, 2.05) is 6.07 Å². The number of hydrogen-bond acceptors (Lipinski definition) is 5. The van der Waals surface area contributed by atoms with Gasteiger partial charge in [-0.25, -0.2) is 4.98 Å². The zero-order chi connectivity index (χ0) is 16.8. The molecule has 2 aromatic rings. The molecule has 23 heavy (non-hydrogen) atoms. The predicted molar refractivity (Wildman–Crippen MR) is 79.6 cm³/mol. The Morgan fingerprint density at radius 2 is 2.13 bits per heavy atom. The molecule has 0 aliphatic carbocycles. The van der Waals surface area contributed by atoms with Crippen molar-refractivity contribution in [2.75, 3.05) is 14.2 Å². The summed E-state index contributed by atoms with van der Waals surface area (Å²) < 4.78 is 23.5. The second-order valence-electron chi connectivity index (χ2n) is 4.49. The number of carbonyl (C=O) groups excluding carboxylic acids is 1. The Kier molecular flexibility index (Phi) is 5.10. The third kappa shape index (κ3) is 3.55. The van der Waals surface area contributed by atoms with Gasteiger partial charge in [-0.05, 0) is 12.1 Å². The highest BCUT2D eigenvalue weighted by molar-refractivity contribution is 5.94. The fourth-order valence-corrected chi connectivity index (χ4v) is 2.08. The second kappa shape index (κ2) is 7.22. The van der Waals surface area contributed by atoms with Crippen molar-refractivity contribution in [3.8, 4) is 17.6 Å². The summed E-state index contributed by atoms with van der Waals surface area (Å²) in [5.41, 5.74) is 0.511. The summed E-state index contributed by atoms with van der Waals surface area (Å²) in [5, 5.41) is 11.9. The summed E-state index contributed by atoms with van der Waals surface area (Å²) in [6.45, 7) is 0. The number of nitrogens with zero attached hydrogens (tertiary/aromatic N) is 2. The molecule has 0 fully saturated rings. The number of pyridine rings is 1. The Morgan fingerprint density at radius 1 is 1.35 bits per heavy atom. The number of ether oxygens (including phenoxy) is 2. The summed E-state index contributed by atoms with van der Waals surface area (Å²) in [6, 6.07) is 8.35. The molecule has 0 saturated carbocycles. The number of hydrogen-bond donors (Lipinski definition) is 1. The van der Waals surface area contributed by atoms with Gasteiger partial charge in [0.1, 0.15) is 6.04 Å². The SMILES string of the molecule is COc1cccc(C(C#N)NC(=O)c2ccnc(F)c2)c1OC. The topological polar surface area (TPSA) is 84.2 Å². The van der Waals surface area contributed by atoms with Crippen LogP contribution in [-0.2, 0) is 0 Å². The molecule has 7 heteroatoms. The van der Waals surface area contributed by atoms with Gasteiger partial charge in [0.15, 0.2) is 11.5 Å². The van der Waals surface area contributed by atoms with E-state index in [0.717, 1.165) is 6.07 Å². The van der Waals surface area contributed by atoms with E-state index in [9.17, 15) is 14.4 Å². The van der Waals surface area contributed by atoms with Gasteiger partial charge in [0.2, 0.25) is 5.95 Å². The molecule has 1 N–H and O–H groups in total. The molecule has 0 radical (unpaired) electrons. The monoisotopic (exact) mass is 315 g/mol. The maximum atomic E-state index is 13.1. The number of aromatic nitrogens is 1. The van der Waals surface area contributed by atoms with Gasteiger partial charge in [-0.3, -0.25) is 4.79 Å². The van der Waals surface area contributed by atoms with Crippen molar-refractivity contribution in [2.45, 2.75) is 6.04 Å². The first-order valence-corrected chi connectivity index (χ1v) is 6.63. The summed E-state index contributed by atoms with van der Waals surface area (Å²) in [4.78, 5) is 15.5. The van der Waals surface area contributed by atoms with E-state index in [-0.39, 0.29) is 5.56 Å². The minimum absolute atomic E-state index is 0.0691. The average molecular weight is 315 g/mol. The number of nitriles is 1. The normalized spacial score (nSPS) is 11.2. The first-order chi connectivity index (χ1) is 11.1. The predicted octanol–water partition coefficient (Wildman–Crippen LogP) is 2.23. The van der Waals surface area contributed by atoms with Gasteiger partial charge in [0.25, 0.3) is 5.91 Å². The van der Waals surface area contributed by atoms with Gasteiger partial charge >= 0.3 is 0 Å². The first kappa shape index (κ1) is 16.2. The standard InChI is InChI=1S/C16H14FN3O3/c1-22-13-5-3-4-11(15(13)23-2)12(9-18)20-16(21)10-6-7-19-14(17)8-10/h3-8,12H,1-2H3,(H,20,21). The summed E-state index contributed by atoms with van der Waals surface area (Å²) >= 11 is 0. The van der Waals surface area contributed by atoms with Crippen LogP contribution in [0.25, 0.3) is 0 Å². The van der Waals surface area contributed by atoms with Crippen molar-refractivity contribution < 1.29 is 18.7 Å². The molecular weight excluding hydrogens is 301 g/mol. The molecule has 0 aliphatic heterocycles. The number of amides is 1. The third-order valence-corrected chi connectivity index (χ3v) is 3.14. The van der Waals surface area contributed by atoms with Gasteiger partial charge in [-0.2, -0.15) is 9.65 Å². The average Bonchev–Trinajstić information content (AvgIpc) is 2.58. The van der Waals surface area contributed by atoms with Crippen LogP contribution in [-0.4, -0.2) is 25.1 Å². The molecule has 1 atom stereocenters. The summed E-state index contributed by atoms with van der Waals surface area (Å²) in [5.74, 6) is -0.579. The van der Waals surface area contributed by atoms with Gasteiger partial charge in [-0.15, -0.1) is 0 Å². The highest BCUT2D eigenvalue weighted by Gasteiger charge is 2.21. The highest BCUT2D eigenvalue weighted by atomic mass is 19.1.